The number of esters is 1. The summed E-state index contributed by atoms with van der Waals surface area (Å²) in [5.74, 6) is 0.934. The number of hydrogen-bond donors (Lipinski definition) is 0. The highest BCUT2D eigenvalue weighted by Gasteiger charge is 2.20. The molecule has 0 radical (unpaired) electrons. The quantitative estimate of drug-likeness (QED) is 0.546. The van der Waals surface area contributed by atoms with Crippen molar-refractivity contribution in [2.24, 2.45) is 0 Å². The van der Waals surface area contributed by atoms with Gasteiger partial charge < -0.3 is 18.9 Å². The van der Waals surface area contributed by atoms with Crippen LogP contribution >= 0.6 is 0 Å². The van der Waals surface area contributed by atoms with E-state index in [1.165, 1.54) is 0 Å². The molecule has 5 nitrogen and oxygen atoms in total. The number of benzene rings is 1. The lowest BCUT2D eigenvalue weighted by atomic mass is 9.86. The summed E-state index contributed by atoms with van der Waals surface area (Å²) >= 11 is 0. The Labute approximate surface area is 132 Å². The molecule has 0 aliphatic carbocycles. The third-order valence-corrected chi connectivity index (χ3v) is 2.97. The van der Waals surface area contributed by atoms with Crippen molar-refractivity contribution in [3.05, 3.63) is 23.8 Å². The molecule has 124 valence electrons. The Morgan fingerprint density at radius 1 is 1.14 bits per heavy atom. The highest BCUT2D eigenvalue weighted by Crippen LogP contribution is 2.34. The smallest absolute Gasteiger partial charge is 0.344 e. The molecular weight excluding hydrogens is 284 g/mol. The number of carbonyl (C=O) groups excluding carboxylic acids is 1. The van der Waals surface area contributed by atoms with Crippen molar-refractivity contribution in [2.75, 3.05) is 33.5 Å². The molecule has 5 heteroatoms. The SMILES string of the molecule is CCOC(=O)COc1ccc(C(C)(C)C)c(OCCOC)c1. The number of carbonyl (C=O) groups is 1. The third-order valence-electron chi connectivity index (χ3n) is 2.97. The van der Waals surface area contributed by atoms with E-state index in [0.717, 1.165) is 11.3 Å². The molecule has 0 bridgehead atoms. The normalized spacial score (nSPS) is 11.1. The summed E-state index contributed by atoms with van der Waals surface area (Å²) in [6.07, 6.45) is 0. The molecule has 0 aliphatic heterocycles. The van der Waals surface area contributed by atoms with Crippen LogP contribution in [0.3, 0.4) is 0 Å². The second kappa shape index (κ2) is 8.63. The van der Waals surface area contributed by atoms with Crippen molar-refractivity contribution in [3.63, 3.8) is 0 Å². The molecule has 0 saturated heterocycles. The zero-order valence-corrected chi connectivity index (χ0v) is 14.1. The van der Waals surface area contributed by atoms with Crippen molar-refractivity contribution in [1.29, 1.82) is 0 Å². The fourth-order valence-corrected chi connectivity index (χ4v) is 1.91. The van der Waals surface area contributed by atoms with Gasteiger partial charge in [-0.1, -0.05) is 26.8 Å². The molecule has 0 aromatic heterocycles. The predicted molar refractivity (Wildman–Crippen MR) is 84.6 cm³/mol. The van der Waals surface area contributed by atoms with E-state index in [0.29, 0.717) is 25.6 Å². The molecule has 0 fully saturated rings. The van der Waals surface area contributed by atoms with Gasteiger partial charge in [0.05, 0.1) is 13.2 Å². The second-order valence-corrected chi connectivity index (χ2v) is 5.84. The Hall–Kier alpha value is -1.75. The van der Waals surface area contributed by atoms with Gasteiger partial charge in [0.2, 0.25) is 0 Å². The molecule has 22 heavy (non-hydrogen) atoms. The third kappa shape index (κ3) is 5.93. The molecule has 1 rings (SSSR count). The molecule has 0 heterocycles. The van der Waals surface area contributed by atoms with Crippen LogP contribution in [-0.2, 0) is 19.7 Å². The number of ether oxygens (including phenoxy) is 4. The van der Waals surface area contributed by atoms with Gasteiger partial charge in [0.15, 0.2) is 6.61 Å². The Balaban J connectivity index is 2.84. The fourth-order valence-electron chi connectivity index (χ4n) is 1.91. The average Bonchev–Trinajstić information content (AvgIpc) is 2.45. The van der Waals surface area contributed by atoms with E-state index < -0.39 is 0 Å². The van der Waals surface area contributed by atoms with Crippen LogP contribution in [0.15, 0.2) is 18.2 Å². The van der Waals surface area contributed by atoms with E-state index in [1.807, 2.05) is 12.1 Å². The highest BCUT2D eigenvalue weighted by atomic mass is 16.6. The van der Waals surface area contributed by atoms with Crippen molar-refractivity contribution < 1.29 is 23.7 Å². The standard InChI is InChI=1S/C17H26O5/c1-6-20-16(18)12-22-13-7-8-14(17(2,3)4)15(11-13)21-10-9-19-5/h7-8,11H,6,9-10,12H2,1-5H3. The maximum absolute atomic E-state index is 11.3. The first-order valence-electron chi connectivity index (χ1n) is 7.43. The summed E-state index contributed by atoms with van der Waals surface area (Å²) in [5.41, 5.74) is 1.02. The van der Waals surface area contributed by atoms with Crippen LogP contribution < -0.4 is 9.47 Å². The first kappa shape index (κ1) is 18.3. The van der Waals surface area contributed by atoms with Crippen molar-refractivity contribution in [2.45, 2.75) is 33.1 Å². The zero-order valence-electron chi connectivity index (χ0n) is 14.1. The Bertz CT molecular complexity index is 476. The largest absolute Gasteiger partial charge is 0.491 e. The Kier molecular flexibility index (Phi) is 7.18. The monoisotopic (exact) mass is 310 g/mol. The molecule has 0 spiro atoms. The minimum absolute atomic E-state index is 0.0535. The lowest BCUT2D eigenvalue weighted by molar-refractivity contribution is -0.145. The molecule has 1 aromatic carbocycles. The molecule has 0 atom stereocenters. The van der Waals surface area contributed by atoms with Crippen LogP contribution in [0, 0.1) is 0 Å². The van der Waals surface area contributed by atoms with E-state index in [9.17, 15) is 4.79 Å². The van der Waals surface area contributed by atoms with E-state index in [4.69, 9.17) is 18.9 Å². The summed E-state index contributed by atoms with van der Waals surface area (Å²) in [6, 6.07) is 5.60. The Morgan fingerprint density at radius 3 is 2.45 bits per heavy atom. The molecule has 0 saturated carbocycles. The second-order valence-electron chi connectivity index (χ2n) is 5.84. The number of hydrogen-bond acceptors (Lipinski definition) is 5. The molecule has 0 aliphatic rings. The minimum Gasteiger partial charge on any atom is -0.491 e. The topological polar surface area (TPSA) is 54.0 Å². The van der Waals surface area contributed by atoms with Crippen molar-refractivity contribution in [1.82, 2.24) is 0 Å². The van der Waals surface area contributed by atoms with Crippen LogP contribution in [0.2, 0.25) is 0 Å². The van der Waals surface area contributed by atoms with Gasteiger partial charge in [-0.25, -0.2) is 4.79 Å². The minimum atomic E-state index is -0.385. The molecule has 0 unspecified atom stereocenters. The summed E-state index contributed by atoms with van der Waals surface area (Å²) < 4.78 is 21.1. The molecule has 0 amide bonds. The zero-order chi connectivity index (χ0) is 16.6. The van der Waals surface area contributed by atoms with Gasteiger partial charge in [0.25, 0.3) is 0 Å². The summed E-state index contributed by atoms with van der Waals surface area (Å²) in [4.78, 5) is 11.3. The van der Waals surface area contributed by atoms with Gasteiger partial charge in [0.1, 0.15) is 18.1 Å². The van der Waals surface area contributed by atoms with Gasteiger partial charge in [-0.05, 0) is 24.0 Å². The first-order chi connectivity index (χ1) is 10.4. The maximum Gasteiger partial charge on any atom is 0.344 e. The van der Waals surface area contributed by atoms with Gasteiger partial charge in [-0.15, -0.1) is 0 Å². The molecular formula is C17H26O5. The fraction of sp³-hybridized carbons (Fsp3) is 0.588. The van der Waals surface area contributed by atoms with Crippen LogP contribution in [0.1, 0.15) is 33.3 Å². The number of rotatable bonds is 8. The van der Waals surface area contributed by atoms with Gasteiger partial charge in [0, 0.05) is 13.2 Å². The Morgan fingerprint density at radius 2 is 1.86 bits per heavy atom. The van der Waals surface area contributed by atoms with Crippen LogP contribution in [0.4, 0.5) is 0 Å². The molecule has 0 N–H and O–H groups in total. The van der Waals surface area contributed by atoms with E-state index in [1.54, 1.807) is 20.1 Å². The van der Waals surface area contributed by atoms with Crippen LogP contribution in [-0.4, -0.2) is 39.5 Å². The van der Waals surface area contributed by atoms with Crippen LogP contribution in [0.5, 0.6) is 11.5 Å². The van der Waals surface area contributed by atoms with Gasteiger partial charge in [-0.3, -0.25) is 0 Å². The lowest BCUT2D eigenvalue weighted by Gasteiger charge is -2.23. The lowest BCUT2D eigenvalue weighted by Crippen LogP contribution is -2.16. The van der Waals surface area contributed by atoms with E-state index in [-0.39, 0.29) is 18.0 Å². The molecule has 1 aromatic rings. The van der Waals surface area contributed by atoms with E-state index in [2.05, 4.69) is 20.8 Å². The van der Waals surface area contributed by atoms with Gasteiger partial charge >= 0.3 is 5.97 Å². The van der Waals surface area contributed by atoms with E-state index >= 15 is 0 Å². The summed E-state index contributed by atoms with van der Waals surface area (Å²) in [7, 11) is 1.63. The van der Waals surface area contributed by atoms with Crippen molar-refractivity contribution >= 4 is 5.97 Å². The van der Waals surface area contributed by atoms with Crippen LogP contribution in [0.25, 0.3) is 0 Å². The van der Waals surface area contributed by atoms with Gasteiger partial charge in [-0.2, -0.15) is 0 Å². The maximum atomic E-state index is 11.3. The number of methoxy groups -OCH3 is 1. The average molecular weight is 310 g/mol. The highest BCUT2D eigenvalue weighted by molar-refractivity contribution is 5.71. The first-order valence-corrected chi connectivity index (χ1v) is 7.43. The predicted octanol–water partition coefficient (Wildman–Crippen LogP) is 2.95. The summed E-state index contributed by atoms with van der Waals surface area (Å²) in [6.45, 7) is 9.31. The van der Waals surface area contributed by atoms with Crippen molar-refractivity contribution in [3.8, 4) is 11.5 Å². The summed E-state index contributed by atoms with van der Waals surface area (Å²) in [5, 5.41) is 0.